The summed E-state index contributed by atoms with van der Waals surface area (Å²) in [7, 11) is 0. The maximum atomic E-state index is 8.81. The molecule has 21 heavy (non-hydrogen) atoms. The van der Waals surface area contributed by atoms with Crippen molar-refractivity contribution in [3.63, 3.8) is 0 Å². The predicted molar refractivity (Wildman–Crippen MR) is 89.1 cm³/mol. The Morgan fingerprint density at radius 2 is 1.57 bits per heavy atom. The fraction of sp³-hybridized carbons (Fsp3) is 0.650. The van der Waals surface area contributed by atoms with Crippen molar-refractivity contribution in [2.45, 2.75) is 71.1 Å². The molecule has 1 aliphatic carbocycles. The lowest BCUT2D eigenvalue weighted by atomic mass is 9.78. The summed E-state index contributed by atoms with van der Waals surface area (Å²) in [5.74, 6) is 1.95. The van der Waals surface area contributed by atoms with Crippen molar-refractivity contribution in [2.24, 2.45) is 11.8 Å². The van der Waals surface area contributed by atoms with Crippen LogP contribution in [0.15, 0.2) is 24.3 Å². The van der Waals surface area contributed by atoms with Crippen LogP contribution in [0.5, 0.6) is 0 Å². The first-order valence-corrected chi connectivity index (χ1v) is 8.81. The van der Waals surface area contributed by atoms with Gasteiger partial charge in [0.25, 0.3) is 0 Å². The second-order valence-corrected chi connectivity index (χ2v) is 6.73. The Balaban J connectivity index is 1.65. The first kappa shape index (κ1) is 16.1. The Kier molecular flexibility index (Phi) is 6.80. The molecule has 1 nitrogen and oxygen atoms in total. The van der Waals surface area contributed by atoms with E-state index in [-0.39, 0.29) is 0 Å². The Morgan fingerprint density at radius 1 is 0.952 bits per heavy atom. The van der Waals surface area contributed by atoms with Crippen molar-refractivity contribution in [2.75, 3.05) is 0 Å². The highest BCUT2D eigenvalue weighted by Crippen LogP contribution is 2.34. The third-order valence-electron chi connectivity index (χ3n) is 5.11. The average molecular weight is 283 g/mol. The normalized spacial score (nSPS) is 21.9. The fourth-order valence-corrected chi connectivity index (χ4v) is 3.61. The van der Waals surface area contributed by atoms with Gasteiger partial charge >= 0.3 is 0 Å². The van der Waals surface area contributed by atoms with Crippen LogP contribution in [0, 0.1) is 23.2 Å². The van der Waals surface area contributed by atoms with Gasteiger partial charge < -0.3 is 0 Å². The highest BCUT2D eigenvalue weighted by molar-refractivity contribution is 5.31. The molecule has 1 aromatic rings. The van der Waals surface area contributed by atoms with E-state index in [4.69, 9.17) is 5.26 Å². The quantitative estimate of drug-likeness (QED) is 0.573. The van der Waals surface area contributed by atoms with Gasteiger partial charge in [-0.3, -0.25) is 0 Å². The van der Waals surface area contributed by atoms with Gasteiger partial charge in [-0.1, -0.05) is 70.4 Å². The fourth-order valence-electron chi connectivity index (χ4n) is 3.61. The molecular formula is C20H29N. The van der Waals surface area contributed by atoms with Crippen molar-refractivity contribution in [1.82, 2.24) is 0 Å². The number of nitriles is 1. The summed E-state index contributed by atoms with van der Waals surface area (Å²) in [6.45, 7) is 2.29. The lowest BCUT2D eigenvalue weighted by molar-refractivity contribution is 0.249. The molecule has 0 aliphatic heterocycles. The standard InChI is InChI=1S/C20H29N/c1-2-3-4-5-17-6-8-18(9-7-17)10-11-19-12-14-20(16-21)15-13-19/h12-15,17-18H,2-11H2,1H3/t17-,18-. The summed E-state index contributed by atoms with van der Waals surface area (Å²) in [6.07, 6.45) is 14.0. The molecule has 0 heterocycles. The molecule has 0 spiro atoms. The molecule has 0 unspecified atom stereocenters. The lowest BCUT2D eigenvalue weighted by Crippen LogP contribution is -2.15. The van der Waals surface area contributed by atoms with Crippen LogP contribution in [0.1, 0.15) is 75.8 Å². The van der Waals surface area contributed by atoms with Crippen LogP contribution in [-0.2, 0) is 6.42 Å². The Labute approximate surface area is 130 Å². The first-order chi connectivity index (χ1) is 10.3. The Bertz CT molecular complexity index is 432. The summed E-state index contributed by atoms with van der Waals surface area (Å²) < 4.78 is 0. The van der Waals surface area contributed by atoms with E-state index in [0.717, 1.165) is 17.4 Å². The van der Waals surface area contributed by atoms with E-state index in [1.165, 1.54) is 69.8 Å². The van der Waals surface area contributed by atoms with Crippen LogP contribution < -0.4 is 0 Å². The van der Waals surface area contributed by atoms with E-state index in [0.29, 0.717) is 0 Å². The average Bonchev–Trinajstić information content (AvgIpc) is 2.55. The van der Waals surface area contributed by atoms with Crippen molar-refractivity contribution < 1.29 is 0 Å². The van der Waals surface area contributed by atoms with E-state index >= 15 is 0 Å². The van der Waals surface area contributed by atoms with Crippen LogP contribution in [0.2, 0.25) is 0 Å². The molecule has 0 aromatic heterocycles. The summed E-state index contributed by atoms with van der Waals surface area (Å²) in [5, 5.41) is 8.81. The molecule has 1 heteroatoms. The number of aryl methyl sites for hydroxylation is 1. The molecule has 0 bridgehead atoms. The van der Waals surface area contributed by atoms with Crippen molar-refractivity contribution in [1.29, 1.82) is 5.26 Å². The third kappa shape index (κ3) is 5.54. The minimum Gasteiger partial charge on any atom is -0.192 e. The molecular weight excluding hydrogens is 254 g/mol. The summed E-state index contributed by atoms with van der Waals surface area (Å²) in [6, 6.07) is 10.3. The number of unbranched alkanes of at least 4 members (excludes halogenated alkanes) is 2. The lowest BCUT2D eigenvalue weighted by Gasteiger charge is -2.28. The highest BCUT2D eigenvalue weighted by Gasteiger charge is 2.20. The van der Waals surface area contributed by atoms with E-state index in [2.05, 4.69) is 25.1 Å². The summed E-state index contributed by atoms with van der Waals surface area (Å²) in [5.41, 5.74) is 2.16. The number of hydrogen-bond donors (Lipinski definition) is 0. The van der Waals surface area contributed by atoms with Gasteiger partial charge in [0, 0.05) is 0 Å². The smallest absolute Gasteiger partial charge is 0.0991 e. The molecule has 1 saturated carbocycles. The second-order valence-electron chi connectivity index (χ2n) is 6.73. The molecule has 1 aromatic carbocycles. The minimum absolute atomic E-state index is 0.770. The van der Waals surface area contributed by atoms with Crippen LogP contribution in [-0.4, -0.2) is 0 Å². The molecule has 0 amide bonds. The number of hydrogen-bond acceptors (Lipinski definition) is 1. The summed E-state index contributed by atoms with van der Waals surface area (Å²) >= 11 is 0. The van der Waals surface area contributed by atoms with Gasteiger partial charge in [-0.05, 0) is 42.4 Å². The Morgan fingerprint density at radius 3 is 2.14 bits per heavy atom. The van der Waals surface area contributed by atoms with Gasteiger partial charge in [0.15, 0.2) is 0 Å². The zero-order valence-corrected chi connectivity index (χ0v) is 13.5. The van der Waals surface area contributed by atoms with Gasteiger partial charge in [-0.25, -0.2) is 0 Å². The van der Waals surface area contributed by atoms with Gasteiger partial charge in [0.05, 0.1) is 11.6 Å². The van der Waals surface area contributed by atoms with E-state index in [1.807, 2.05) is 12.1 Å². The van der Waals surface area contributed by atoms with Crippen LogP contribution >= 0.6 is 0 Å². The van der Waals surface area contributed by atoms with Gasteiger partial charge in [0.2, 0.25) is 0 Å². The highest BCUT2D eigenvalue weighted by atomic mass is 14.3. The van der Waals surface area contributed by atoms with E-state index in [1.54, 1.807) is 0 Å². The zero-order valence-electron chi connectivity index (χ0n) is 13.5. The molecule has 0 atom stereocenters. The van der Waals surface area contributed by atoms with Gasteiger partial charge in [0.1, 0.15) is 0 Å². The predicted octanol–water partition coefficient (Wildman–Crippen LogP) is 5.88. The summed E-state index contributed by atoms with van der Waals surface area (Å²) in [4.78, 5) is 0. The largest absolute Gasteiger partial charge is 0.192 e. The molecule has 0 saturated heterocycles. The van der Waals surface area contributed by atoms with Crippen molar-refractivity contribution >= 4 is 0 Å². The van der Waals surface area contributed by atoms with Crippen LogP contribution in [0.25, 0.3) is 0 Å². The zero-order chi connectivity index (χ0) is 14.9. The Hall–Kier alpha value is -1.29. The monoisotopic (exact) mass is 283 g/mol. The number of nitrogens with zero attached hydrogens (tertiary/aromatic N) is 1. The molecule has 114 valence electrons. The van der Waals surface area contributed by atoms with Crippen molar-refractivity contribution in [3.05, 3.63) is 35.4 Å². The van der Waals surface area contributed by atoms with Crippen LogP contribution in [0.3, 0.4) is 0 Å². The third-order valence-corrected chi connectivity index (χ3v) is 5.11. The molecule has 0 radical (unpaired) electrons. The van der Waals surface area contributed by atoms with E-state index < -0.39 is 0 Å². The van der Waals surface area contributed by atoms with E-state index in [9.17, 15) is 0 Å². The second kappa shape index (κ2) is 8.88. The SMILES string of the molecule is CCCCC[C@H]1CC[C@H](CCc2ccc(C#N)cc2)CC1. The molecule has 2 rings (SSSR count). The first-order valence-electron chi connectivity index (χ1n) is 8.81. The minimum atomic E-state index is 0.770. The topological polar surface area (TPSA) is 23.8 Å². The van der Waals surface area contributed by atoms with Gasteiger partial charge in [-0.2, -0.15) is 5.26 Å². The molecule has 0 N–H and O–H groups in total. The maximum absolute atomic E-state index is 8.81. The van der Waals surface area contributed by atoms with Gasteiger partial charge in [-0.15, -0.1) is 0 Å². The number of rotatable bonds is 7. The van der Waals surface area contributed by atoms with Crippen LogP contribution in [0.4, 0.5) is 0 Å². The number of benzene rings is 1. The van der Waals surface area contributed by atoms with Crippen molar-refractivity contribution in [3.8, 4) is 6.07 Å². The maximum Gasteiger partial charge on any atom is 0.0991 e. The molecule has 1 fully saturated rings. The molecule has 1 aliphatic rings.